The summed E-state index contributed by atoms with van der Waals surface area (Å²) in [4.78, 5) is 11.6. The van der Waals surface area contributed by atoms with Crippen LogP contribution in [0.4, 0.5) is 13.2 Å². The molecule has 0 radical (unpaired) electrons. The molecule has 1 aromatic heterocycles. The number of ketones is 1. The van der Waals surface area contributed by atoms with Gasteiger partial charge >= 0.3 is 6.18 Å². The number of ether oxygens (including phenoxy) is 1. The topological polar surface area (TPSA) is 39.4 Å². The third-order valence-corrected chi connectivity index (χ3v) is 2.46. The van der Waals surface area contributed by atoms with Crippen LogP contribution in [0.25, 0.3) is 11.0 Å². The fourth-order valence-corrected chi connectivity index (χ4v) is 1.54. The molecule has 102 valence electrons. The van der Waals surface area contributed by atoms with Gasteiger partial charge in [0.25, 0.3) is 0 Å². The van der Waals surface area contributed by atoms with Crippen molar-refractivity contribution in [2.45, 2.75) is 12.6 Å². The predicted octanol–water partition coefficient (Wildman–Crippen LogP) is 3.58. The van der Waals surface area contributed by atoms with Crippen molar-refractivity contribution < 1.29 is 27.1 Å². The van der Waals surface area contributed by atoms with Gasteiger partial charge in [0, 0.05) is 5.39 Å². The molecule has 0 aliphatic carbocycles. The number of fused-ring (bicyclic) bond motifs is 1. The smallest absolute Gasteiger partial charge is 0.391 e. The van der Waals surface area contributed by atoms with Crippen LogP contribution in [0.1, 0.15) is 17.0 Å². The van der Waals surface area contributed by atoms with Gasteiger partial charge in [-0.05, 0) is 12.1 Å². The Morgan fingerprint density at radius 3 is 2.68 bits per heavy atom. The largest absolute Gasteiger partial charge is 0.453 e. The van der Waals surface area contributed by atoms with Crippen LogP contribution in [0.15, 0.2) is 34.7 Å². The number of hydrogen-bond donors (Lipinski definition) is 0. The van der Waals surface area contributed by atoms with Crippen LogP contribution >= 0.6 is 0 Å². The summed E-state index contributed by atoms with van der Waals surface area (Å²) < 4.78 is 45.5. The second-order valence-electron chi connectivity index (χ2n) is 3.99. The van der Waals surface area contributed by atoms with Crippen molar-refractivity contribution in [3.05, 3.63) is 36.1 Å². The normalized spacial score (nSPS) is 11.9. The first-order valence-corrected chi connectivity index (χ1v) is 5.62. The zero-order chi connectivity index (χ0) is 13.9. The van der Waals surface area contributed by atoms with Crippen LogP contribution in [0.5, 0.6) is 0 Å². The molecule has 2 aromatic rings. The van der Waals surface area contributed by atoms with Gasteiger partial charge < -0.3 is 9.15 Å². The third kappa shape index (κ3) is 3.82. The molecule has 1 heterocycles. The quantitative estimate of drug-likeness (QED) is 0.617. The van der Waals surface area contributed by atoms with Crippen molar-refractivity contribution >= 4 is 16.8 Å². The number of hydrogen-bond acceptors (Lipinski definition) is 3. The van der Waals surface area contributed by atoms with Gasteiger partial charge in [-0.3, -0.25) is 4.79 Å². The molecule has 3 nitrogen and oxygen atoms in total. The molecule has 0 unspecified atom stereocenters. The van der Waals surface area contributed by atoms with Crippen molar-refractivity contribution in [1.82, 2.24) is 0 Å². The lowest BCUT2D eigenvalue weighted by atomic mass is 10.2. The molecule has 1 aromatic carbocycles. The summed E-state index contributed by atoms with van der Waals surface area (Å²) in [6, 6.07) is 8.59. The van der Waals surface area contributed by atoms with Gasteiger partial charge in [-0.2, -0.15) is 13.2 Å². The van der Waals surface area contributed by atoms with E-state index in [9.17, 15) is 18.0 Å². The van der Waals surface area contributed by atoms with E-state index in [0.29, 0.717) is 5.58 Å². The molecule has 0 aliphatic rings. The Morgan fingerprint density at radius 1 is 1.26 bits per heavy atom. The van der Waals surface area contributed by atoms with Crippen LogP contribution in [0, 0.1) is 0 Å². The minimum Gasteiger partial charge on any atom is -0.453 e. The minimum atomic E-state index is -4.28. The van der Waals surface area contributed by atoms with E-state index in [2.05, 4.69) is 0 Å². The molecule has 0 atom stereocenters. The van der Waals surface area contributed by atoms with Gasteiger partial charge in [0.2, 0.25) is 5.78 Å². The first-order valence-electron chi connectivity index (χ1n) is 5.62. The fourth-order valence-electron chi connectivity index (χ4n) is 1.54. The molecule has 0 aliphatic heterocycles. The molecule has 6 heteroatoms. The lowest BCUT2D eigenvalue weighted by Gasteiger charge is -2.05. The van der Waals surface area contributed by atoms with Gasteiger partial charge in [0.15, 0.2) is 5.76 Å². The first kappa shape index (κ1) is 13.6. The summed E-state index contributed by atoms with van der Waals surface area (Å²) in [5.74, 6) is -0.383. The second kappa shape index (κ2) is 5.44. The zero-order valence-corrected chi connectivity index (χ0v) is 9.87. The number of rotatable bonds is 5. The summed E-state index contributed by atoms with van der Waals surface area (Å²) >= 11 is 0. The summed E-state index contributed by atoms with van der Waals surface area (Å²) in [6.45, 7) is -0.953. The van der Waals surface area contributed by atoms with E-state index in [1.54, 1.807) is 30.3 Å². The number of para-hydroxylation sites is 1. The number of alkyl halides is 3. The highest BCUT2D eigenvalue weighted by molar-refractivity contribution is 5.98. The number of carbonyl (C=O) groups excluding carboxylic acids is 1. The van der Waals surface area contributed by atoms with Crippen molar-refractivity contribution in [2.75, 3.05) is 13.2 Å². The van der Waals surface area contributed by atoms with E-state index in [1.807, 2.05) is 0 Å². The molecule has 19 heavy (non-hydrogen) atoms. The summed E-state index contributed by atoms with van der Waals surface area (Å²) in [5, 5.41) is 0.765. The van der Waals surface area contributed by atoms with Crippen molar-refractivity contribution in [3.63, 3.8) is 0 Å². The van der Waals surface area contributed by atoms with Crippen LogP contribution < -0.4 is 0 Å². The monoisotopic (exact) mass is 272 g/mol. The first-order chi connectivity index (χ1) is 8.96. The van der Waals surface area contributed by atoms with Crippen LogP contribution in [0.2, 0.25) is 0 Å². The number of carbonyl (C=O) groups is 1. The van der Waals surface area contributed by atoms with Gasteiger partial charge in [0.05, 0.1) is 13.0 Å². The van der Waals surface area contributed by atoms with E-state index in [-0.39, 0.29) is 5.76 Å². The third-order valence-electron chi connectivity index (χ3n) is 2.46. The summed E-state index contributed by atoms with van der Waals surface area (Å²) in [7, 11) is 0. The molecule has 0 saturated heterocycles. The molecular formula is C13H11F3O3. The highest BCUT2D eigenvalue weighted by Crippen LogP contribution is 2.20. The van der Waals surface area contributed by atoms with Gasteiger partial charge in [-0.15, -0.1) is 0 Å². The van der Waals surface area contributed by atoms with E-state index < -0.39 is 31.6 Å². The maximum Gasteiger partial charge on any atom is 0.391 e. The maximum atomic E-state index is 11.9. The lowest BCUT2D eigenvalue weighted by molar-refractivity contribution is -0.144. The zero-order valence-electron chi connectivity index (χ0n) is 9.87. The second-order valence-corrected chi connectivity index (χ2v) is 3.99. The molecule has 0 fully saturated rings. The highest BCUT2D eigenvalue weighted by Gasteiger charge is 2.26. The fraction of sp³-hybridized carbons (Fsp3) is 0.308. The molecule has 0 bridgehead atoms. The molecule has 0 N–H and O–H groups in total. The van der Waals surface area contributed by atoms with Crippen molar-refractivity contribution in [2.24, 2.45) is 0 Å². The van der Waals surface area contributed by atoms with Crippen LogP contribution in [-0.4, -0.2) is 25.2 Å². The van der Waals surface area contributed by atoms with E-state index >= 15 is 0 Å². The Morgan fingerprint density at radius 2 is 2.00 bits per heavy atom. The van der Waals surface area contributed by atoms with Crippen LogP contribution in [-0.2, 0) is 4.74 Å². The number of Topliss-reactive ketones (excluding diaryl/α,β-unsaturated/α-hetero) is 1. The minimum absolute atomic E-state index is 0.0909. The lowest BCUT2D eigenvalue weighted by Crippen LogP contribution is -2.15. The van der Waals surface area contributed by atoms with Crippen molar-refractivity contribution in [3.8, 4) is 0 Å². The average Bonchev–Trinajstić information content (AvgIpc) is 2.77. The van der Waals surface area contributed by atoms with E-state index in [1.165, 1.54) is 0 Å². The maximum absolute atomic E-state index is 11.9. The Labute approximate surface area is 107 Å². The van der Waals surface area contributed by atoms with Crippen LogP contribution in [0.3, 0.4) is 0 Å². The van der Waals surface area contributed by atoms with Gasteiger partial charge in [0.1, 0.15) is 12.2 Å². The number of furan rings is 1. The Bertz CT molecular complexity index is 539. The van der Waals surface area contributed by atoms with E-state index in [4.69, 9.17) is 9.15 Å². The number of benzene rings is 1. The number of halogens is 3. The highest BCUT2D eigenvalue weighted by atomic mass is 19.4. The molecule has 0 amide bonds. The Hall–Kier alpha value is -1.82. The summed E-state index contributed by atoms with van der Waals surface area (Å²) in [6.07, 6.45) is -5.34. The molecule has 0 spiro atoms. The Balaban J connectivity index is 1.89. The SMILES string of the molecule is O=C(COCCC(F)(F)F)c1cc2ccccc2o1. The van der Waals surface area contributed by atoms with Gasteiger partial charge in [-0.25, -0.2) is 0 Å². The van der Waals surface area contributed by atoms with Gasteiger partial charge in [-0.1, -0.05) is 18.2 Å². The standard InChI is InChI=1S/C13H11F3O3/c14-13(15,16)5-6-18-8-10(17)12-7-9-3-1-2-4-11(9)19-12/h1-4,7H,5-6,8H2. The molecule has 2 rings (SSSR count). The predicted molar refractivity (Wildman–Crippen MR) is 62.0 cm³/mol. The Kier molecular flexibility index (Phi) is 3.90. The summed E-state index contributed by atoms with van der Waals surface area (Å²) in [5.41, 5.74) is 0.557. The van der Waals surface area contributed by atoms with Crippen molar-refractivity contribution in [1.29, 1.82) is 0 Å². The molecular weight excluding hydrogens is 261 g/mol. The molecule has 0 saturated carbocycles. The average molecular weight is 272 g/mol. The van der Waals surface area contributed by atoms with E-state index in [0.717, 1.165) is 5.39 Å².